The molecule has 1 aliphatic rings. The number of benzene rings is 1. The molecule has 94 valence electrons. The van der Waals surface area contributed by atoms with Gasteiger partial charge in [-0.3, -0.25) is 0 Å². The van der Waals surface area contributed by atoms with Crippen LogP contribution in [0, 0.1) is 0 Å². The van der Waals surface area contributed by atoms with Crippen molar-refractivity contribution >= 4 is 11.8 Å². The van der Waals surface area contributed by atoms with Gasteiger partial charge >= 0.3 is 0 Å². The topological polar surface area (TPSA) is 35.2 Å². The highest BCUT2D eigenvalue weighted by atomic mass is 32.2. The Morgan fingerprint density at radius 1 is 1.29 bits per heavy atom. The van der Waals surface area contributed by atoms with E-state index < -0.39 is 0 Å². The first-order chi connectivity index (χ1) is 8.38. The Bertz CT molecular complexity index is 319. The van der Waals surface area contributed by atoms with Crippen LogP contribution in [0.15, 0.2) is 24.3 Å². The number of hydrogen-bond donors (Lipinski definition) is 1. The average Bonchev–Trinajstić information content (AvgIpc) is 2.39. The second-order valence-electron chi connectivity index (χ2n) is 4.49. The van der Waals surface area contributed by atoms with Crippen molar-refractivity contribution in [2.24, 2.45) is 5.73 Å². The Morgan fingerprint density at radius 3 is 2.76 bits per heavy atom. The van der Waals surface area contributed by atoms with Crippen LogP contribution in [0.25, 0.3) is 0 Å². The van der Waals surface area contributed by atoms with Crippen molar-refractivity contribution in [2.45, 2.75) is 31.8 Å². The summed E-state index contributed by atoms with van der Waals surface area (Å²) in [6.45, 7) is 0.761. The Kier molecular flexibility index (Phi) is 5.20. The van der Waals surface area contributed by atoms with Crippen molar-refractivity contribution in [3.63, 3.8) is 0 Å². The first-order valence-corrected chi connectivity index (χ1v) is 7.57. The van der Waals surface area contributed by atoms with Crippen molar-refractivity contribution in [2.75, 3.05) is 18.1 Å². The van der Waals surface area contributed by atoms with Gasteiger partial charge in [-0.25, -0.2) is 0 Å². The molecule has 1 heterocycles. The maximum Gasteiger partial charge on any atom is 0.119 e. The minimum absolute atomic E-state index is 0.406. The Morgan fingerprint density at radius 2 is 2.12 bits per heavy atom. The zero-order valence-corrected chi connectivity index (χ0v) is 11.0. The molecule has 1 aromatic carbocycles. The standard InChI is InChI=1S/C14H21NOS/c15-9-1-3-12-5-7-13(8-6-12)16-14-4-2-10-17-11-14/h5-8,14H,1-4,9-11,15H2. The number of nitrogens with two attached hydrogens (primary N) is 1. The zero-order chi connectivity index (χ0) is 11.9. The SMILES string of the molecule is NCCCc1ccc(OC2CCCSC2)cc1. The van der Waals surface area contributed by atoms with Gasteiger partial charge in [-0.2, -0.15) is 11.8 Å². The molecule has 2 N–H and O–H groups in total. The molecule has 1 aromatic rings. The summed E-state index contributed by atoms with van der Waals surface area (Å²) in [4.78, 5) is 0. The van der Waals surface area contributed by atoms with Gasteiger partial charge in [0.05, 0.1) is 0 Å². The van der Waals surface area contributed by atoms with Crippen LogP contribution in [0.3, 0.4) is 0 Å². The highest BCUT2D eigenvalue weighted by molar-refractivity contribution is 7.99. The molecule has 0 bridgehead atoms. The number of rotatable bonds is 5. The summed E-state index contributed by atoms with van der Waals surface area (Å²) in [5.74, 6) is 3.43. The fourth-order valence-electron chi connectivity index (χ4n) is 2.04. The predicted octanol–water partition coefficient (Wildman–Crippen LogP) is 2.85. The minimum Gasteiger partial charge on any atom is -0.490 e. The van der Waals surface area contributed by atoms with E-state index in [2.05, 4.69) is 24.3 Å². The smallest absolute Gasteiger partial charge is 0.119 e. The van der Waals surface area contributed by atoms with Gasteiger partial charge in [-0.1, -0.05) is 12.1 Å². The first-order valence-electron chi connectivity index (χ1n) is 6.42. The lowest BCUT2D eigenvalue weighted by molar-refractivity contribution is 0.211. The molecule has 0 aliphatic carbocycles. The van der Waals surface area contributed by atoms with E-state index in [-0.39, 0.29) is 0 Å². The van der Waals surface area contributed by atoms with E-state index in [4.69, 9.17) is 10.5 Å². The number of ether oxygens (including phenoxy) is 1. The third kappa shape index (κ3) is 4.25. The predicted molar refractivity (Wildman–Crippen MR) is 74.8 cm³/mol. The summed E-state index contributed by atoms with van der Waals surface area (Å²) >= 11 is 2.00. The molecule has 0 aromatic heterocycles. The molecule has 1 aliphatic heterocycles. The van der Waals surface area contributed by atoms with Crippen LogP contribution in [0.1, 0.15) is 24.8 Å². The molecule has 2 rings (SSSR count). The highest BCUT2D eigenvalue weighted by Gasteiger charge is 2.14. The van der Waals surface area contributed by atoms with Crippen LogP contribution >= 0.6 is 11.8 Å². The summed E-state index contributed by atoms with van der Waals surface area (Å²) in [5, 5.41) is 0. The highest BCUT2D eigenvalue weighted by Crippen LogP contribution is 2.22. The third-order valence-electron chi connectivity index (χ3n) is 3.01. The number of aryl methyl sites for hydroxylation is 1. The van der Waals surface area contributed by atoms with Crippen LogP contribution in [0.2, 0.25) is 0 Å². The van der Waals surface area contributed by atoms with E-state index in [0.29, 0.717) is 6.10 Å². The van der Waals surface area contributed by atoms with Crippen LogP contribution < -0.4 is 10.5 Å². The minimum atomic E-state index is 0.406. The Labute approximate surface area is 108 Å². The van der Waals surface area contributed by atoms with E-state index in [9.17, 15) is 0 Å². The van der Waals surface area contributed by atoms with Gasteiger partial charge in [-0.05, 0) is 55.7 Å². The number of hydrogen-bond acceptors (Lipinski definition) is 3. The van der Waals surface area contributed by atoms with Crippen molar-refractivity contribution in [1.29, 1.82) is 0 Å². The van der Waals surface area contributed by atoms with Gasteiger partial charge in [0.1, 0.15) is 11.9 Å². The van der Waals surface area contributed by atoms with Crippen molar-refractivity contribution in [1.82, 2.24) is 0 Å². The maximum absolute atomic E-state index is 5.97. The largest absolute Gasteiger partial charge is 0.490 e. The molecule has 0 amide bonds. The second-order valence-corrected chi connectivity index (χ2v) is 5.64. The molecular formula is C14H21NOS. The van der Waals surface area contributed by atoms with Gasteiger partial charge < -0.3 is 10.5 Å². The number of thioether (sulfide) groups is 1. The molecule has 1 saturated heterocycles. The fraction of sp³-hybridized carbons (Fsp3) is 0.571. The van der Waals surface area contributed by atoms with Crippen LogP contribution in [0.4, 0.5) is 0 Å². The fourth-order valence-corrected chi connectivity index (χ4v) is 3.07. The summed E-state index contributed by atoms with van der Waals surface area (Å²) in [5.41, 5.74) is 6.85. The normalized spacial score (nSPS) is 20.2. The molecule has 3 heteroatoms. The van der Waals surface area contributed by atoms with Crippen molar-refractivity contribution < 1.29 is 4.74 Å². The monoisotopic (exact) mass is 251 g/mol. The van der Waals surface area contributed by atoms with E-state index in [1.54, 1.807) is 0 Å². The quantitative estimate of drug-likeness (QED) is 0.874. The maximum atomic E-state index is 5.97. The van der Waals surface area contributed by atoms with Gasteiger partial charge in [0.25, 0.3) is 0 Å². The third-order valence-corrected chi connectivity index (χ3v) is 4.20. The molecule has 1 fully saturated rings. The first kappa shape index (κ1) is 12.8. The molecule has 1 atom stereocenters. The molecule has 2 nitrogen and oxygen atoms in total. The van der Waals surface area contributed by atoms with E-state index in [1.165, 1.54) is 24.2 Å². The molecule has 0 radical (unpaired) electrons. The molecule has 0 spiro atoms. The zero-order valence-electron chi connectivity index (χ0n) is 10.2. The molecular weight excluding hydrogens is 230 g/mol. The lowest BCUT2D eigenvalue weighted by Gasteiger charge is -2.22. The lowest BCUT2D eigenvalue weighted by atomic mass is 10.1. The van der Waals surface area contributed by atoms with Gasteiger partial charge in [0, 0.05) is 5.75 Å². The van der Waals surface area contributed by atoms with Crippen LogP contribution in [0.5, 0.6) is 5.75 Å². The van der Waals surface area contributed by atoms with Gasteiger partial charge in [0.2, 0.25) is 0 Å². The van der Waals surface area contributed by atoms with E-state index in [0.717, 1.165) is 30.9 Å². The van der Waals surface area contributed by atoms with E-state index >= 15 is 0 Å². The Hall–Kier alpha value is -0.670. The summed E-state index contributed by atoms with van der Waals surface area (Å²) in [6, 6.07) is 8.48. The second kappa shape index (κ2) is 6.92. The summed E-state index contributed by atoms with van der Waals surface area (Å²) < 4.78 is 5.97. The van der Waals surface area contributed by atoms with Crippen molar-refractivity contribution in [3.8, 4) is 5.75 Å². The molecule has 0 saturated carbocycles. The molecule has 17 heavy (non-hydrogen) atoms. The molecule has 1 unspecified atom stereocenters. The van der Waals surface area contributed by atoms with Gasteiger partial charge in [-0.15, -0.1) is 0 Å². The summed E-state index contributed by atoms with van der Waals surface area (Å²) in [6.07, 6.45) is 5.00. The Balaban J connectivity index is 1.84. The van der Waals surface area contributed by atoms with Crippen molar-refractivity contribution in [3.05, 3.63) is 29.8 Å². The van der Waals surface area contributed by atoms with Gasteiger partial charge in [0.15, 0.2) is 0 Å². The van der Waals surface area contributed by atoms with E-state index in [1.807, 2.05) is 11.8 Å². The average molecular weight is 251 g/mol. The van der Waals surface area contributed by atoms with Crippen LogP contribution in [-0.2, 0) is 6.42 Å². The van der Waals surface area contributed by atoms with Crippen LogP contribution in [-0.4, -0.2) is 24.2 Å². The lowest BCUT2D eigenvalue weighted by Crippen LogP contribution is -2.23. The summed E-state index contributed by atoms with van der Waals surface area (Å²) in [7, 11) is 0.